The van der Waals surface area contributed by atoms with Gasteiger partial charge in [-0.05, 0) is 20.3 Å². The van der Waals surface area contributed by atoms with Crippen molar-refractivity contribution in [3.05, 3.63) is 0 Å². The summed E-state index contributed by atoms with van der Waals surface area (Å²) in [7, 11) is 0. The highest BCUT2D eigenvalue weighted by atomic mass is 16.5. The van der Waals surface area contributed by atoms with Crippen LogP contribution in [-0.4, -0.2) is 30.4 Å². The first-order chi connectivity index (χ1) is 7.41. The Kier molecular flexibility index (Phi) is 6.97. The van der Waals surface area contributed by atoms with Crippen molar-refractivity contribution < 1.29 is 14.3 Å². The van der Waals surface area contributed by atoms with Gasteiger partial charge in [-0.1, -0.05) is 13.8 Å². The fourth-order valence-corrected chi connectivity index (χ4v) is 0.963. The van der Waals surface area contributed by atoms with Gasteiger partial charge >= 0.3 is 5.97 Å². The highest BCUT2D eigenvalue weighted by Gasteiger charge is 2.14. The molecule has 4 heteroatoms. The Morgan fingerprint density at radius 3 is 2.38 bits per heavy atom. The van der Waals surface area contributed by atoms with Crippen LogP contribution in [0, 0.1) is 0 Å². The normalized spacial score (nSPS) is 11.2. The molecule has 0 aliphatic carbocycles. The Labute approximate surface area is 97.7 Å². The van der Waals surface area contributed by atoms with Gasteiger partial charge in [0.05, 0.1) is 6.42 Å². The summed E-state index contributed by atoms with van der Waals surface area (Å²) >= 11 is 0. The summed E-state index contributed by atoms with van der Waals surface area (Å²) in [6.07, 6.45) is 1.71. The molecule has 0 atom stereocenters. The fraction of sp³-hybridized carbons (Fsp3) is 0.833. The first-order valence-corrected chi connectivity index (χ1v) is 5.83. The maximum Gasteiger partial charge on any atom is 0.307 e. The molecule has 0 aliphatic rings. The molecule has 0 rings (SSSR count). The molecule has 0 saturated carbocycles. The minimum atomic E-state index is -0.318. The molecule has 4 nitrogen and oxygen atoms in total. The van der Waals surface area contributed by atoms with Crippen LogP contribution in [0.3, 0.4) is 0 Å². The predicted molar refractivity (Wildman–Crippen MR) is 63.2 cm³/mol. The van der Waals surface area contributed by atoms with E-state index in [2.05, 4.69) is 26.1 Å². The van der Waals surface area contributed by atoms with Crippen LogP contribution >= 0.6 is 0 Å². The fourth-order valence-electron chi connectivity index (χ4n) is 0.963. The van der Waals surface area contributed by atoms with E-state index in [0.717, 1.165) is 6.42 Å². The lowest BCUT2D eigenvalue weighted by Crippen LogP contribution is -2.39. The van der Waals surface area contributed by atoms with E-state index in [1.165, 1.54) is 0 Å². The van der Waals surface area contributed by atoms with Crippen LogP contribution in [0.1, 0.15) is 47.0 Å². The number of esters is 1. The molecule has 0 bridgehead atoms. The average molecular weight is 229 g/mol. The van der Waals surface area contributed by atoms with E-state index in [9.17, 15) is 9.59 Å². The second-order valence-corrected chi connectivity index (χ2v) is 4.47. The first-order valence-electron chi connectivity index (χ1n) is 5.83. The van der Waals surface area contributed by atoms with Crippen molar-refractivity contribution in [1.82, 2.24) is 5.32 Å². The van der Waals surface area contributed by atoms with Gasteiger partial charge in [-0.2, -0.15) is 0 Å². The summed E-state index contributed by atoms with van der Waals surface area (Å²) in [4.78, 5) is 22.1. The molecule has 0 unspecified atom stereocenters. The lowest BCUT2D eigenvalue weighted by Gasteiger charge is -2.24. The number of ether oxygens (including phenoxy) is 1. The van der Waals surface area contributed by atoms with Gasteiger partial charge in [0.25, 0.3) is 0 Å². The van der Waals surface area contributed by atoms with E-state index in [1.807, 2.05) is 0 Å². The van der Waals surface area contributed by atoms with E-state index in [4.69, 9.17) is 4.74 Å². The minimum absolute atomic E-state index is 0.0412. The second-order valence-electron chi connectivity index (χ2n) is 4.47. The molecule has 0 heterocycles. The highest BCUT2D eigenvalue weighted by molar-refractivity contribution is 5.82. The summed E-state index contributed by atoms with van der Waals surface area (Å²) < 4.78 is 4.81. The maximum atomic E-state index is 11.2. The average Bonchev–Trinajstić information content (AvgIpc) is 2.25. The molecule has 0 aromatic carbocycles. The lowest BCUT2D eigenvalue weighted by atomic mass is 10.0. The molecule has 0 fully saturated rings. The summed E-state index contributed by atoms with van der Waals surface area (Å²) in [5, 5.41) is 3.26. The number of carbonyl (C=O) groups is 2. The third-order valence-corrected chi connectivity index (χ3v) is 2.61. The molecule has 0 aliphatic heterocycles. The topological polar surface area (TPSA) is 55.4 Å². The van der Waals surface area contributed by atoms with Crippen LogP contribution < -0.4 is 5.32 Å². The van der Waals surface area contributed by atoms with Crippen molar-refractivity contribution in [2.24, 2.45) is 0 Å². The Morgan fingerprint density at radius 1 is 1.25 bits per heavy atom. The number of hydrogen-bond donors (Lipinski definition) is 1. The van der Waals surface area contributed by atoms with E-state index >= 15 is 0 Å². The molecular formula is C12H23NO3. The smallest absolute Gasteiger partial charge is 0.307 e. The van der Waals surface area contributed by atoms with Crippen LogP contribution in [0.5, 0.6) is 0 Å². The molecule has 0 amide bonds. The standard InChI is InChI=1S/C12H23NO3/c1-5-10(14)9-16-11(15)7-8-13-12(3,4)6-2/h13H,5-9H2,1-4H3. The van der Waals surface area contributed by atoms with Crippen LogP contribution in [0.15, 0.2) is 0 Å². The van der Waals surface area contributed by atoms with Crippen LogP contribution in [-0.2, 0) is 14.3 Å². The molecule has 0 aromatic rings. The number of rotatable bonds is 8. The minimum Gasteiger partial charge on any atom is -0.458 e. The van der Waals surface area contributed by atoms with Crippen molar-refractivity contribution in [3.63, 3.8) is 0 Å². The third kappa shape index (κ3) is 7.40. The lowest BCUT2D eigenvalue weighted by molar-refractivity contribution is -0.147. The Morgan fingerprint density at radius 2 is 1.88 bits per heavy atom. The number of nitrogens with one attached hydrogen (secondary N) is 1. The molecule has 0 saturated heterocycles. The molecule has 94 valence electrons. The van der Waals surface area contributed by atoms with Gasteiger partial charge in [-0.15, -0.1) is 0 Å². The van der Waals surface area contributed by atoms with Crippen molar-refractivity contribution in [2.45, 2.75) is 52.5 Å². The van der Waals surface area contributed by atoms with Crippen molar-refractivity contribution in [3.8, 4) is 0 Å². The number of ketones is 1. The van der Waals surface area contributed by atoms with E-state index in [-0.39, 0.29) is 23.9 Å². The first kappa shape index (κ1) is 15.1. The molecule has 16 heavy (non-hydrogen) atoms. The third-order valence-electron chi connectivity index (χ3n) is 2.61. The van der Waals surface area contributed by atoms with E-state index in [1.54, 1.807) is 6.92 Å². The summed E-state index contributed by atoms with van der Waals surface area (Å²) in [5.74, 6) is -0.364. The largest absolute Gasteiger partial charge is 0.458 e. The maximum absolute atomic E-state index is 11.2. The van der Waals surface area contributed by atoms with Gasteiger partial charge < -0.3 is 10.1 Å². The van der Waals surface area contributed by atoms with Crippen LogP contribution in [0.2, 0.25) is 0 Å². The van der Waals surface area contributed by atoms with E-state index in [0.29, 0.717) is 19.4 Å². The predicted octanol–water partition coefficient (Wildman–Crippen LogP) is 1.68. The van der Waals surface area contributed by atoms with E-state index < -0.39 is 0 Å². The van der Waals surface area contributed by atoms with Gasteiger partial charge in [-0.25, -0.2) is 0 Å². The van der Waals surface area contributed by atoms with Crippen LogP contribution in [0.25, 0.3) is 0 Å². The molecule has 0 spiro atoms. The zero-order chi connectivity index (χ0) is 12.6. The number of Topliss-reactive ketones (excluding diaryl/α,β-unsaturated/α-hetero) is 1. The zero-order valence-electron chi connectivity index (χ0n) is 10.8. The van der Waals surface area contributed by atoms with Gasteiger partial charge in [0.1, 0.15) is 6.61 Å². The van der Waals surface area contributed by atoms with Crippen molar-refractivity contribution in [1.29, 1.82) is 0 Å². The monoisotopic (exact) mass is 229 g/mol. The number of hydrogen-bond acceptors (Lipinski definition) is 4. The molecule has 1 N–H and O–H groups in total. The van der Waals surface area contributed by atoms with Gasteiger partial charge in [-0.3, -0.25) is 9.59 Å². The summed E-state index contributed by atoms with van der Waals surface area (Å²) in [6.45, 7) is 8.50. The Bertz CT molecular complexity index is 236. The highest BCUT2D eigenvalue weighted by Crippen LogP contribution is 2.06. The van der Waals surface area contributed by atoms with Gasteiger partial charge in [0, 0.05) is 18.5 Å². The summed E-state index contributed by atoms with van der Waals surface area (Å²) in [5.41, 5.74) is 0.0412. The van der Waals surface area contributed by atoms with Crippen molar-refractivity contribution in [2.75, 3.05) is 13.2 Å². The second kappa shape index (κ2) is 7.39. The number of carbonyl (C=O) groups excluding carboxylic acids is 2. The molecule has 0 aromatic heterocycles. The SMILES string of the molecule is CCC(=O)COC(=O)CCNC(C)(C)CC. The summed E-state index contributed by atoms with van der Waals surface area (Å²) in [6, 6.07) is 0. The van der Waals surface area contributed by atoms with Crippen molar-refractivity contribution >= 4 is 11.8 Å². The zero-order valence-corrected chi connectivity index (χ0v) is 10.8. The molecule has 0 radical (unpaired) electrons. The van der Waals surface area contributed by atoms with Crippen LogP contribution in [0.4, 0.5) is 0 Å². The van der Waals surface area contributed by atoms with Gasteiger partial charge in [0.15, 0.2) is 5.78 Å². The Balaban J connectivity index is 3.63. The van der Waals surface area contributed by atoms with Gasteiger partial charge in [0.2, 0.25) is 0 Å². The quantitative estimate of drug-likeness (QED) is 0.643. The Hall–Kier alpha value is -0.900. The molecular weight excluding hydrogens is 206 g/mol.